The molecule has 0 aliphatic rings. The van der Waals surface area contributed by atoms with Crippen LogP contribution in [0.4, 0.5) is 16.3 Å². The van der Waals surface area contributed by atoms with Crippen LogP contribution in [-0.4, -0.2) is 22.2 Å². The minimum absolute atomic E-state index is 0.167. The first kappa shape index (κ1) is 23.1. The predicted molar refractivity (Wildman–Crippen MR) is 133 cm³/mol. The second-order valence-electron chi connectivity index (χ2n) is 7.20. The Morgan fingerprint density at radius 1 is 0.824 bits per heavy atom. The largest absolute Gasteiger partial charge is 0.423 e. The summed E-state index contributed by atoms with van der Waals surface area (Å²) in [6, 6.07) is 25.1. The van der Waals surface area contributed by atoms with Crippen molar-refractivity contribution in [1.29, 1.82) is 0 Å². The molecule has 0 spiro atoms. The number of urea groups is 1. The molecule has 34 heavy (non-hydrogen) atoms. The number of halogens is 1. The zero-order valence-electron chi connectivity index (χ0n) is 17.8. The van der Waals surface area contributed by atoms with Crippen LogP contribution in [-0.2, 0) is 4.79 Å². The Hall–Kier alpha value is -4.08. The number of benzene rings is 3. The third-order valence-corrected chi connectivity index (χ3v) is 5.33. The van der Waals surface area contributed by atoms with Gasteiger partial charge in [0.25, 0.3) is 0 Å². The molecule has 0 radical (unpaired) electrons. The van der Waals surface area contributed by atoms with Crippen molar-refractivity contribution in [1.82, 2.24) is 10.2 Å². The van der Waals surface area contributed by atoms with E-state index in [0.29, 0.717) is 16.9 Å². The number of nitrogens with two attached hydrogens (primary N) is 1. The molecule has 0 aliphatic heterocycles. The van der Waals surface area contributed by atoms with Crippen LogP contribution in [0.3, 0.4) is 0 Å². The molecule has 4 rings (SSSR count). The highest BCUT2D eigenvalue weighted by atomic mass is 79.9. The summed E-state index contributed by atoms with van der Waals surface area (Å²) in [5, 5.41) is 13.4. The molecule has 170 valence electrons. The molecule has 0 saturated carbocycles. The van der Waals surface area contributed by atoms with E-state index in [1.54, 1.807) is 60.7 Å². The van der Waals surface area contributed by atoms with Crippen LogP contribution < -0.4 is 21.1 Å². The van der Waals surface area contributed by atoms with E-state index in [9.17, 15) is 9.59 Å². The molecule has 3 aromatic carbocycles. The van der Waals surface area contributed by atoms with Crippen LogP contribution in [0.2, 0.25) is 0 Å². The average molecular weight is 518 g/mol. The van der Waals surface area contributed by atoms with Gasteiger partial charge >= 0.3 is 12.0 Å². The Morgan fingerprint density at radius 2 is 1.53 bits per heavy atom. The second kappa shape index (κ2) is 10.7. The fourth-order valence-corrected chi connectivity index (χ4v) is 3.33. The highest BCUT2D eigenvalue weighted by molar-refractivity contribution is 9.10. The van der Waals surface area contributed by atoms with E-state index in [2.05, 4.69) is 36.8 Å². The molecule has 0 bridgehead atoms. The van der Waals surface area contributed by atoms with E-state index in [1.165, 1.54) is 0 Å². The van der Waals surface area contributed by atoms with Crippen LogP contribution in [0.15, 0.2) is 95.5 Å². The third kappa shape index (κ3) is 5.83. The molecule has 1 aromatic heterocycles. The number of carbonyl (C=O) groups excluding carboxylic acids is 2. The van der Waals surface area contributed by atoms with E-state index in [0.717, 1.165) is 10.0 Å². The van der Waals surface area contributed by atoms with Crippen molar-refractivity contribution < 1.29 is 14.3 Å². The maximum Gasteiger partial charge on any atom is 0.333 e. The van der Waals surface area contributed by atoms with Gasteiger partial charge < -0.3 is 15.8 Å². The number of aromatic nitrogens is 2. The summed E-state index contributed by atoms with van der Waals surface area (Å²) in [5.41, 5.74) is 8.55. The molecular weight excluding hydrogens is 498 g/mol. The Balaban J connectivity index is 1.40. The first-order valence-corrected chi connectivity index (χ1v) is 11.1. The average Bonchev–Trinajstić information content (AvgIpc) is 2.86. The summed E-state index contributed by atoms with van der Waals surface area (Å²) in [7, 11) is 0. The van der Waals surface area contributed by atoms with E-state index in [1.807, 2.05) is 30.3 Å². The quantitative estimate of drug-likeness (QED) is 0.240. The number of para-hydroxylation sites is 2. The molecule has 0 aliphatic carbocycles. The molecule has 9 heteroatoms. The van der Waals surface area contributed by atoms with Gasteiger partial charge in [-0.05, 0) is 42.0 Å². The van der Waals surface area contributed by atoms with Crippen molar-refractivity contribution in [3.05, 3.63) is 101 Å². The molecule has 1 heterocycles. The third-order valence-electron chi connectivity index (χ3n) is 4.80. The predicted octanol–water partition coefficient (Wildman–Crippen LogP) is 5.16. The molecule has 4 aromatic rings. The number of esters is 1. The number of ether oxygens (including phenoxy) is 1. The lowest BCUT2D eigenvalue weighted by Gasteiger charge is -2.15. The van der Waals surface area contributed by atoms with Gasteiger partial charge in [0.15, 0.2) is 11.6 Å². The zero-order valence-corrected chi connectivity index (χ0v) is 19.4. The first-order chi connectivity index (χ1) is 16.5. The van der Waals surface area contributed by atoms with Crippen molar-refractivity contribution >= 4 is 39.4 Å². The van der Waals surface area contributed by atoms with E-state index in [4.69, 9.17) is 10.5 Å². The van der Waals surface area contributed by atoms with Crippen molar-refractivity contribution in [3.63, 3.8) is 0 Å². The van der Waals surface area contributed by atoms with E-state index >= 15 is 0 Å². The summed E-state index contributed by atoms with van der Waals surface area (Å²) in [4.78, 5) is 25.1. The van der Waals surface area contributed by atoms with Crippen molar-refractivity contribution in [2.24, 2.45) is 5.73 Å². The van der Waals surface area contributed by atoms with Gasteiger partial charge in [-0.1, -0.05) is 70.5 Å². The maximum atomic E-state index is 12.6. The van der Waals surface area contributed by atoms with Gasteiger partial charge in [0, 0.05) is 10.0 Å². The maximum absolute atomic E-state index is 12.6. The Bertz CT molecular complexity index is 1280. The summed E-state index contributed by atoms with van der Waals surface area (Å²) in [6.45, 7) is 0. The number of nitrogens with zero attached hydrogens (tertiary/aromatic N) is 2. The van der Waals surface area contributed by atoms with Crippen LogP contribution in [0.1, 0.15) is 11.6 Å². The van der Waals surface area contributed by atoms with Crippen LogP contribution in [0.25, 0.3) is 11.3 Å². The summed E-state index contributed by atoms with van der Waals surface area (Å²) >= 11 is 3.34. The van der Waals surface area contributed by atoms with Gasteiger partial charge in [0.1, 0.15) is 6.04 Å². The standard InChI is InChI=1S/C25H20BrN5O3/c26-18-12-10-17(11-13-18)23(27)24(32)34-21-9-5-4-8-20(21)28-25(33)29-22-15-14-19(30-31-22)16-6-2-1-3-7-16/h1-15,23H,27H2,(H2,28,29,31,33). The van der Waals surface area contributed by atoms with Gasteiger partial charge in [0.2, 0.25) is 0 Å². The molecular formula is C25H20BrN5O3. The minimum atomic E-state index is -0.978. The lowest BCUT2D eigenvalue weighted by molar-refractivity contribution is -0.135. The molecule has 8 nitrogen and oxygen atoms in total. The lowest BCUT2D eigenvalue weighted by atomic mass is 10.1. The number of hydrogen-bond acceptors (Lipinski definition) is 6. The van der Waals surface area contributed by atoms with Crippen LogP contribution in [0.5, 0.6) is 5.75 Å². The number of hydrogen-bond donors (Lipinski definition) is 3. The lowest BCUT2D eigenvalue weighted by Crippen LogP contribution is -2.27. The Morgan fingerprint density at radius 3 is 2.24 bits per heavy atom. The number of nitrogens with one attached hydrogen (secondary N) is 2. The fraction of sp³-hybridized carbons (Fsp3) is 0.0400. The van der Waals surface area contributed by atoms with Gasteiger partial charge in [-0.25, -0.2) is 9.59 Å². The van der Waals surface area contributed by atoms with Crippen molar-refractivity contribution in [2.75, 3.05) is 10.6 Å². The van der Waals surface area contributed by atoms with Gasteiger partial charge in [-0.15, -0.1) is 10.2 Å². The van der Waals surface area contributed by atoms with E-state index in [-0.39, 0.29) is 11.6 Å². The summed E-state index contributed by atoms with van der Waals surface area (Å²) in [5.74, 6) is -0.219. The number of rotatable bonds is 6. The van der Waals surface area contributed by atoms with Crippen molar-refractivity contribution in [2.45, 2.75) is 6.04 Å². The van der Waals surface area contributed by atoms with Gasteiger partial charge in [-0.3, -0.25) is 5.32 Å². The van der Waals surface area contributed by atoms with Gasteiger partial charge in [-0.2, -0.15) is 0 Å². The molecule has 0 fully saturated rings. The highest BCUT2D eigenvalue weighted by Gasteiger charge is 2.20. The normalized spacial score (nSPS) is 11.4. The molecule has 4 N–H and O–H groups in total. The molecule has 1 atom stereocenters. The van der Waals surface area contributed by atoms with Crippen LogP contribution >= 0.6 is 15.9 Å². The van der Waals surface area contributed by atoms with E-state index < -0.39 is 18.0 Å². The van der Waals surface area contributed by atoms with Crippen LogP contribution in [0, 0.1) is 0 Å². The second-order valence-corrected chi connectivity index (χ2v) is 8.11. The number of anilines is 2. The first-order valence-electron chi connectivity index (χ1n) is 10.3. The molecule has 1 unspecified atom stereocenters. The topological polar surface area (TPSA) is 119 Å². The van der Waals surface area contributed by atoms with Crippen molar-refractivity contribution in [3.8, 4) is 17.0 Å². The summed E-state index contributed by atoms with van der Waals surface area (Å²) < 4.78 is 6.33. The summed E-state index contributed by atoms with van der Waals surface area (Å²) in [6.07, 6.45) is 0. The minimum Gasteiger partial charge on any atom is -0.423 e. The molecule has 2 amide bonds. The zero-order chi connectivity index (χ0) is 23.9. The number of amides is 2. The van der Waals surface area contributed by atoms with Gasteiger partial charge in [0.05, 0.1) is 11.4 Å². The number of carbonyl (C=O) groups is 2. The Kier molecular flexibility index (Phi) is 7.26. The fourth-order valence-electron chi connectivity index (χ4n) is 3.07. The monoisotopic (exact) mass is 517 g/mol. The molecule has 0 saturated heterocycles. The smallest absolute Gasteiger partial charge is 0.333 e. The SMILES string of the molecule is NC(C(=O)Oc1ccccc1NC(=O)Nc1ccc(-c2ccccc2)nn1)c1ccc(Br)cc1. The highest BCUT2D eigenvalue weighted by Crippen LogP contribution is 2.26. The Labute approximate surface area is 204 Å².